The van der Waals surface area contributed by atoms with E-state index in [1.807, 2.05) is 6.07 Å². The molecule has 0 radical (unpaired) electrons. The summed E-state index contributed by atoms with van der Waals surface area (Å²) in [5.41, 5.74) is 1.30. The van der Waals surface area contributed by atoms with Crippen LogP contribution in [-0.4, -0.2) is 19.6 Å². The van der Waals surface area contributed by atoms with Gasteiger partial charge in [0.15, 0.2) is 0 Å². The first-order valence-corrected chi connectivity index (χ1v) is 6.85. The molecule has 0 bridgehead atoms. The van der Waals surface area contributed by atoms with Gasteiger partial charge in [-0.15, -0.1) is 0 Å². The Morgan fingerprint density at radius 3 is 3.00 bits per heavy atom. The molecule has 0 heterocycles. The first-order valence-electron chi connectivity index (χ1n) is 6.47. The summed E-state index contributed by atoms with van der Waals surface area (Å²) in [6.07, 6.45) is 7.94. The summed E-state index contributed by atoms with van der Waals surface area (Å²) in [5.74, 6) is 0.247. The molecule has 1 atom stereocenters. The van der Waals surface area contributed by atoms with Crippen LogP contribution in [-0.2, 0) is 4.74 Å². The van der Waals surface area contributed by atoms with Gasteiger partial charge in [-0.05, 0) is 43.4 Å². The van der Waals surface area contributed by atoms with Crippen LogP contribution < -0.4 is 5.32 Å². The zero-order chi connectivity index (χ0) is 13.7. The van der Waals surface area contributed by atoms with Crippen molar-refractivity contribution in [1.82, 2.24) is 0 Å². The Hall–Kier alpha value is -1.48. The van der Waals surface area contributed by atoms with Crippen LogP contribution in [0, 0.1) is 5.92 Å². The topological polar surface area (TPSA) is 38.3 Å². The fourth-order valence-electron chi connectivity index (χ4n) is 2.21. The maximum Gasteiger partial charge on any atom is 0.339 e. The minimum Gasteiger partial charge on any atom is -0.465 e. The third kappa shape index (κ3) is 3.74. The highest BCUT2D eigenvalue weighted by atomic mass is 35.5. The number of benzene rings is 1. The predicted molar refractivity (Wildman–Crippen MR) is 77.8 cm³/mol. The van der Waals surface area contributed by atoms with Crippen molar-refractivity contribution < 1.29 is 9.53 Å². The van der Waals surface area contributed by atoms with E-state index in [1.165, 1.54) is 13.5 Å². The molecule has 4 heteroatoms. The number of hydrogen-bond acceptors (Lipinski definition) is 3. The lowest BCUT2D eigenvalue weighted by atomic mass is 9.94. The molecule has 0 fully saturated rings. The van der Waals surface area contributed by atoms with Crippen LogP contribution in [0.1, 0.15) is 29.6 Å². The number of anilines is 1. The number of allylic oxidation sites excluding steroid dienone is 2. The molecule has 1 N–H and O–H groups in total. The minimum absolute atomic E-state index is 0.401. The molecule has 2 rings (SSSR count). The Bertz CT molecular complexity index is 485. The molecule has 1 aromatic rings. The van der Waals surface area contributed by atoms with Crippen LogP contribution in [0.15, 0.2) is 30.4 Å². The maximum atomic E-state index is 11.5. The van der Waals surface area contributed by atoms with Gasteiger partial charge < -0.3 is 10.1 Å². The third-order valence-corrected chi connectivity index (χ3v) is 3.67. The predicted octanol–water partition coefficient (Wildman–Crippen LogP) is 3.89. The van der Waals surface area contributed by atoms with Gasteiger partial charge >= 0.3 is 5.97 Å². The van der Waals surface area contributed by atoms with Crippen LogP contribution in [0.5, 0.6) is 0 Å². The van der Waals surface area contributed by atoms with E-state index in [-0.39, 0.29) is 0 Å². The highest BCUT2D eigenvalue weighted by Gasteiger charge is 2.13. The number of methoxy groups -OCH3 is 1. The first kappa shape index (κ1) is 13.9. The molecular formula is C15H18ClNO2. The van der Waals surface area contributed by atoms with Gasteiger partial charge in [0.05, 0.1) is 17.7 Å². The van der Waals surface area contributed by atoms with Crippen LogP contribution >= 0.6 is 11.6 Å². The van der Waals surface area contributed by atoms with Crippen molar-refractivity contribution in [3.63, 3.8) is 0 Å². The van der Waals surface area contributed by atoms with Crippen molar-refractivity contribution in [2.45, 2.75) is 19.3 Å². The lowest BCUT2D eigenvalue weighted by molar-refractivity contribution is 0.0601. The van der Waals surface area contributed by atoms with Gasteiger partial charge in [-0.25, -0.2) is 4.79 Å². The van der Waals surface area contributed by atoms with Crippen LogP contribution in [0.2, 0.25) is 5.02 Å². The van der Waals surface area contributed by atoms with Crippen molar-refractivity contribution in [3.05, 3.63) is 40.9 Å². The summed E-state index contributed by atoms with van der Waals surface area (Å²) in [6, 6.07) is 5.34. The second kappa shape index (κ2) is 6.62. The standard InChI is InChI=1S/C15H18ClNO2/c1-19-15(18)13-9-12(7-8-14(13)16)17-10-11-5-3-2-4-6-11/h2-3,7-9,11,17H,4-6,10H2,1H3. The Kier molecular flexibility index (Phi) is 4.86. The fourth-order valence-corrected chi connectivity index (χ4v) is 2.40. The van der Waals surface area contributed by atoms with Crippen LogP contribution in [0.4, 0.5) is 5.69 Å². The molecule has 0 aliphatic heterocycles. The van der Waals surface area contributed by atoms with Gasteiger partial charge in [-0.1, -0.05) is 23.8 Å². The van der Waals surface area contributed by atoms with E-state index in [4.69, 9.17) is 16.3 Å². The van der Waals surface area contributed by atoms with E-state index >= 15 is 0 Å². The summed E-state index contributed by atoms with van der Waals surface area (Å²) >= 11 is 5.98. The average Bonchev–Trinajstić information content (AvgIpc) is 2.46. The van der Waals surface area contributed by atoms with E-state index in [0.717, 1.165) is 25.1 Å². The molecule has 1 unspecified atom stereocenters. The monoisotopic (exact) mass is 279 g/mol. The molecule has 1 aliphatic carbocycles. The lowest BCUT2D eigenvalue weighted by Crippen LogP contribution is -2.15. The quantitative estimate of drug-likeness (QED) is 0.671. The van der Waals surface area contributed by atoms with Crippen molar-refractivity contribution in [2.75, 3.05) is 19.0 Å². The Morgan fingerprint density at radius 1 is 1.47 bits per heavy atom. The summed E-state index contributed by atoms with van der Waals surface area (Å²) in [7, 11) is 1.35. The van der Waals surface area contributed by atoms with E-state index in [9.17, 15) is 4.79 Å². The van der Waals surface area contributed by atoms with Crippen molar-refractivity contribution in [2.24, 2.45) is 5.92 Å². The number of hydrogen-bond donors (Lipinski definition) is 1. The van der Waals surface area contributed by atoms with Crippen molar-refractivity contribution in [3.8, 4) is 0 Å². The first-order chi connectivity index (χ1) is 9.20. The normalized spacial score (nSPS) is 18.1. The molecule has 0 spiro atoms. The molecule has 3 nitrogen and oxygen atoms in total. The molecule has 1 aliphatic rings. The Labute approximate surface area is 118 Å². The molecule has 102 valence electrons. The third-order valence-electron chi connectivity index (χ3n) is 3.34. The average molecular weight is 280 g/mol. The highest BCUT2D eigenvalue weighted by molar-refractivity contribution is 6.33. The van der Waals surface area contributed by atoms with E-state index in [2.05, 4.69) is 17.5 Å². The molecule has 1 aromatic carbocycles. The zero-order valence-electron chi connectivity index (χ0n) is 11.0. The summed E-state index contributed by atoms with van der Waals surface area (Å²) in [5, 5.41) is 3.78. The molecule has 0 saturated carbocycles. The SMILES string of the molecule is COC(=O)c1cc(NCC2CC=CCC2)ccc1Cl. The van der Waals surface area contributed by atoms with E-state index in [0.29, 0.717) is 16.5 Å². The fraction of sp³-hybridized carbons (Fsp3) is 0.400. The van der Waals surface area contributed by atoms with Gasteiger partial charge in [0.25, 0.3) is 0 Å². The minimum atomic E-state index is -0.408. The van der Waals surface area contributed by atoms with Gasteiger partial charge in [0.2, 0.25) is 0 Å². The number of ether oxygens (including phenoxy) is 1. The summed E-state index contributed by atoms with van der Waals surface area (Å²) in [6.45, 7) is 0.909. The number of nitrogens with one attached hydrogen (secondary N) is 1. The molecule has 0 saturated heterocycles. The second-order valence-corrected chi connectivity index (χ2v) is 5.12. The van der Waals surface area contributed by atoms with Crippen molar-refractivity contribution >= 4 is 23.3 Å². The van der Waals surface area contributed by atoms with E-state index < -0.39 is 5.97 Å². The molecule has 0 aromatic heterocycles. The van der Waals surface area contributed by atoms with Crippen LogP contribution in [0.3, 0.4) is 0 Å². The molecule has 0 amide bonds. The number of halogens is 1. The summed E-state index contributed by atoms with van der Waals surface area (Å²) < 4.78 is 4.71. The Morgan fingerprint density at radius 2 is 2.32 bits per heavy atom. The van der Waals surface area contributed by atoms with Gasteiger partial charge in [0, 0.05) is 12.2 Å². The molecule has 19 heavy (non-hydrogen) atoms. The number of carbonyl (C=O) groups excluding carboxylic acids is 1. The van der Waals surface area contributed by atoms with Gasteiger partial charge in [-0.3, -0.25) is 0 Å². The van der Waals surface area contributed by atoms with Gasteiger partial charge in [0.1, 0.15) is 0 Å². The number of carbonyl (C=O) groups is 1. The number of rotatable bonds is 4. The van der Waals surface area contributed by atoms with E-state index in [1.54, 1.807) is 12.1 Å². The zero-order valence-corrected chi connectivity index (χ0v) is 11.7. The maximum absolute atomic E-state index is 11.5. The summed E-state index contributed by atoms with van der Waals surface area (Å²) in [4.78, 5) is 11.5. The smallest absolute Gasteiger partial charge is 0.339 e. The van der Waals surface area contributed by atoms with Crippen molar-refractivity contribution in [1.29, 1.82) is 0 Å². The van der Waals surface area contributed by atoms with Crippen LogP contribution in [0.25, 0.3) is 0 Å². The molecular weight excluding hydrogens is 262 g/mol. The largest absolute Gasteiger partial charge is 0.465 e. The highest BCUT2D eigenvalue weighted by Crippen LogP contribution is 2.23. The number of esters is 1. The van der Waals surface area contributed by atoms with Gasteiger partial charge in [-0.2, -0.15) is 0 Å². The second-order valence-electron chi connectivity index (χ2n) is 4.72. The lowest BCUT2D eigenvalue weighted by Gasteiger charge is -2.19. The Balaban J connectivity index is 2.00.